The molecule has 1 rings (SSSR count). The molecule has 0 unspecified atom stereocenters. The molecule has 0 amide bonds. The van der Waals surface area contributed by atoms with Crippen molar-refractivity contribution in [2.24, 2.45) is 5.92 Å². The molecular weight excluding hydrogens is 166 g/mol. The molecule has 0 fully saturated rings. The minimum Gasteiger partial charge on any atom is -0.396 e. The van der Waals surface area contributed by atoms with Crippen molar-refractivity contribution in [1.29, 1.82) is 0 Å². The number of aromatic nitrogens is 1. The first kappa shape index (κ1) is 10.2. The number of rotatable bonds is 5. The molecule has 1 aromatic rings. The minimum absolute atomic E-state index is 0.000191. The van der Waals surface area contributed by atoms with Gasteiger partial charge in [-0.3, -0.25) is 4.98 Å². The van der Waals surface area contributed by atoms with Crippen molar-refractivity contribution in [3.8, 4) is 0 Å². The molecule has 1 aromatic heterocycles. The number of pyridine rings is 1. The van der Waals surface area contributed by atoms with E-state index >= 15 is 0 Å². The Bertz CT molecular complexity index is 222. The van der Waals surface area contributed by atoms with Crippen molar-refractivity contribution < 1.29 is 10.2 Å². The SMILES string of the molecule is OCC(CO)CCc1cccnc1. The molecule has 3 heteroatoms. The molecule has 0 spiro atoms. The van der Waals surface area contributed by atoms with Crippen molar-refractivity contribution in [1.82, 2.24) is 4.98 Å². The maximum Gasteiger partial charge on any atom is 0.0481 e. The predicted molar refractivity (Wildman–Crippen MR) is 50.2 cm³/mol. The van der Waals surface area contributed by atoms with Crippen LogP contribution in [0.4, 0.5) is 0 Å². The second kappa shape index (κ2) is 5.67. The van der Waals surface area contributed by atoms with Gasteiger partial charge in [-0.05, 0) is 24.5 Å². The van der Waals surface area contributed by atoms with Crippen LogP contribution in [0.15, 0.2) is 24.5 Å². The van der Waals surface area contributed by atoms with E-state index in [1.54, 1.807) is 6.20 Å². The van der Waals surface area contributed by atoms with Gasteiger partial charge in [0.15, 0.2) is 0 Å². The third-order valence-corrected chi connectivity index (χ3v) is 2.08. The number of aryl methyl sites for hydroxylation is 1. The molecule has 0 aliphatic heterocycles. The molecule has 0 radical (unpaired) electrons. The minimum atomic E-state index is 0.000191. The van der Waals surface area contributed by atoms with E-state index in [1.165, 1.54) is 0 Å². The van der Waals surface area contributed by atoms with Crippen LogP contribution in [0.1, 0.15) is 12.0 Å². The second-order valence-electron chi connectivity index (χ2n) is 3.13. The van der Waals surface area contributed by atoms with Crippen molar-refractivity contribution in [3.05, 3.63) is 30.1 Å². The maximum atomic E-state index is 8.83. The molecule has 0 bridgehead atoms. The van der Waals surface area contributed by atoms with E-state index in [0.29, 0.717) is 0 Å². The van der Waals surface area contributed by atoms with Gasteiger partial charge in [-0.15, -0.1) is 0 Å². The summed E-state index contributed by atoms with van der Waals surface area (Å²) in [7, 11) is 0. The monoisotopic (exact) mass is 181 g/mol. The number of nitrogens with zero attached hydrogens (tertiary/aromatic N) is 1. The van der Waals surface area contributed by atoms with Crippen LogP contribution in [0.2, 0.25) is 0 Å². The molecule has 13 heavy (non-hydrogen) atoms. The van der Waals surface area contributed by atoms with Crippen molar-refractivity contribution >= 4 is 0 Å². The standard InChI is InChI=1S/C10H15NO2/c12-7-10(8-13)4-3-9-2-1-5-11-6-9/h1-2,5-6,10,12-13H,3-4,7-8H2. The van der Waals surface area contributed by atoms with Crippen LogP contribution in [-0.2, 0) is 6.42 Å². The summed E-state index contributed by atoms with van der Waals surface area (Å²) in [4.78, 5) is 3.99. The summed E-state index contributed by atoms with van der Waals surface area (Å²) in [5.74, 6) is 0.000191. The summed E-state index contributed by atoms with van der Waals surface area (Å²) in [6.07, 6.45) is 5.21. The lowest BCUT2D eigenvalue weighted by Gasteiger charge is -2.09. The topological polar surface area (TPSA) is 53.4 Å². The van der Waals surface area contributed by atoms with Gasteiger partial charge in [0.2, 0.25) is 0 Å². The van der Waals surface area contributed by atoms with Gasteiger partial charge in [-0.1, -0.05) is 6.07 Å². The maximum absolute atomic E-state index is 8.83. The summed E-state index contributed by atoms with van der Waals surface area (Å²) >= 11 is 0. The van der Waals surface area contributed by atoms with Gasteiger partial charge >= 0.3 is 0 Å². The molecule has 1 heterocycles. The van der Waals surface area contributed by atoms with Gasteiger partial charge in [0, 0.05) is 31.5 Å². The fraction of sp³-hybridized carbons (Fsp3) is 0.500. The van der Waals surface area contributed by atoms with E-state index in [9.17, 15) is 0 Å². The van der Waals surface area contributed by atoms with Crippen LogP contribution in [0, 0.1) is 5.92 Å². The molecule has 0 saturated carbocycles. The first-order valence-electron chi connectivity index (χ1n) is 4.47. The molecule has 0 atom stereocenters. The van der Waals surface area contributed by atoms with Gasteiger partial charge in [0.25, 0.3) is 0 Å². The highest BCUT2D eigenvalue weighted by Crippen LogP contribution is 2.07. The van der Waals surface area contributed by atoms with Crippen molar-refractivity contribution in [3.63, 3.8) is 0 Å². The molecule has 72 valence electrons. The highest BCUT2D eigenvalue weighted by Gasteiger charge is 2.05. The van der Waals surface area contributed by atoms with E-state index in [1.807, 2.05) is 18.3 Å². The molecule has 0 aromatic carbocycles. The third-order valence-electron chi connectivity index (χ3n) is 2.08. The average molecular weight is 181 g/mol. The zero-order valence-electron chi connectivity index (χ0n) is 7.56. The Morgan fingerprint density at radius 1 is 1.31 bits per heavy atom. The van der Waals surface area contributed by atoms with Crippen molar-refractivity contribution in [2.45, 2.75) is 12.8 Å². The predicted octanol–water partition coefficient (Wildman–Crippen LogP) is 0.615. The summed E-state index contributed by atoms with van der Waals surface area (Å²) in [6.45, 7) is 0.105. The molecule has 0 aliphatic rings. The molecule has 0 saturated heterocycles. The fourth-order valence-electron chi connectivity index (χ4n) is 1.16. The highest BCUT2D eigenvalue weighted by molar-refractivity contribution is 5.08. The van der Waals surface area contributed by atoms with E-state index < -0.39 is 0 Å². The van der Waals surface area contributed by atoms with E-state index in [4.69, 9.17) is 10.2 Å². The number of aliphatic hydroxyl groups excluding tert-OH is 2. The lowest BCUT2D eigenvalue weighted by molar-refractivity contribution is 0.144. The van der Waals surface area contributed by atoms with Crippen molar-refractivity contribution in [2.75, 3.05) is 13.2 Å². The van der Waals surface area contributed by atoms with E-state index in [-0.39, 0.29) is 19.1 Å². The first-order valence-corrected chi connectivity index (χ1v) is 4.47. The largest absolute Gasteiger partial charge is 0.396 e. The number of hydrogen-bond acceptors (Lipinski definition) is 3. The third kappa shape index (κ3) is 3.53. The Labute approximate surface area is 78.1 Å². The first-order chi connectivity index (χ1) is 6.36. The second-order valence-corrected chi connectivity index (χ2v) is 3.13. The van der Waals surface area contributed by atoms with E-state index in [2.05, 4.69) is 4.98 Å². The van der Waals surface area contributed by atoms with Crippen LogP contribution >= 0.6 is 0 Å². The zero-order chi connectivity index (χ0) is 9.52. The van der Waals surface area contributed by atoms with Gasteiger partial charge in [-0.25, -0.2) is 0 Å². The lowest BCUT2D eigenvalue weighted by atomic mass is 10.0. The Hall–Kier alpha value is -0.930. The van der Waals surface area contributed by atoms with E-state index in [0.717, 1.165) is 18.4 Å². The normalized spacial score (nSPS) is 10.7. The molecular formula is C10H15NO2. The van der Waals surface area contributed by atoms with Crippen LogP contribution in [0.5, 0.6) is 0 Å². The molecule has 3 nitrogen and oxygen atoms in total. The molecule has 0 aliphatic carbocycles. The average Bonchev–Trinajstić information content (AvgIpc) is 2.21. The smallest absolute Gasteiger partial charge is 0.0481 e. The summed E-state index contributed by atoms with van der Waals surface area (Å²) in [5.41, 5.74) is 1.15. The molecule has 2 N–H and O–H groups in total. The Morgan fingerprint density at radius 2 is 2.08 bits per heavy atom. The van der Waals surface area contributed by atoms with Crippen LogP contribution < -0.4 is 0 Å². The summed E-state index contributed by atoms with van der Waals surface area (Å²) in [6, 6.07) is 3.89. The van der Waals surface area contributed by atoms with Gasteiger partial charge < -0.3 is 10.2 Å². The highest BCUT2D eigenvalue weighted by atomic mass is 16.3. The van der Waals surface area contributed by atoms with Crippen LogP contribution in [0.25, 0.3) is 0 Å². The van der Waals surface area contributed by atoms with Gasteiger partial charge in [0.1, 0.15) is 0 Å². The quantitative estimate of drug-likeness (QED) is 0.700. The zero-order valence-corrected chi connectivity index (χ0v) is 7.56. The summed E-state index contributed by atoms with van der Waals surface area (Å²) in [5, 5.41) is 17.7. The fourth-order valence-corrected chi connectivity index (χ4v) is 1.16. The van der Waals surface area contributed by atoms with Gasteiger partial charge in [-0.2, -0.15) is 0 Å². The Morgan fingerprint density at radius 3 is 2.62 bits per heavy atom. The Balaban J connectivity index is 2.34. The number of hydrogen-bond donors (Lipinski definition) is 2. The number of aliphatic hydroxyl groups is 2. The Kier molecular flexibility index (Phi) is 4.43. The van der Waals surface area contributed by atoms with Crippen LogP contribution in [-0.4, -0.2) is 28.4 Å². The lowest BCUT2D eigenvalue weighted by Crippen LogP contribution is -2.11. The summed E-state index contributed by atoms with van der Waals surface area (Å²) < 4.78 is 0. The van der Waals surface area contributed by atoms with Crippen LogP contribution in [0.3, 0.4) is 0 Å². The van der Waals surface area contributed by atoms with Gasteiger partial charge in [0.05, 0.1) is 0 Å².